The van der Waals surface area contributed by atoms with Crippen molar-refractivity contribution >= 4 is 5.96 Å². The molecule has 2 aromatic rings. The van der Waals surface area contributed by atoms with E-state index in [0.29, 0.717) is 18.4 Å². The number of rotatable bonds is 8. The van der Waals surface area contributed by atoms with Crippen molar-refractivity contribution in [3.8, 4) is 0 Å². The average Bonchev–Trinajstić information content (AvgIpc) is 2.99. The van der Waals surface area contributed by atoms with Gasteiger partial charge in [-0.05, 0) is 24.3 Å². The van der Waals surface area contributed by atoms with Crippen LogP contribution in [0.4, 0.5) is 0 Å². The van der Waals surface area contributed by atoms with Crippen LogP contribution in [0.1, 0.15) is 31.7 Å². The highest BCUT2D eigenvalue weighted by atomic mass is 15.1. The monoisotopic (exact) mass is 313 g/mol. The van der Waals surface area contributed by atoms with E-state index in [1.165, 1.54) is 5.56 Å². The molecule has 0 saturated heterocycles. The molecule has 1 heterocycles. The van der Waals surface area contributed by atoms with Crippen LogP contribution >= 0.6 is 0 Å². The molecule has 23 heavy (non-hydrogen) atoms. The van der Waals surface area contributed by atoms with E-state index < -0.39 is 0 Å². The summed E-state index contributed by atoms with van der Waals surface area (Å²) in [7, 11) is 0. The zero-order valence-corrected chi connectivity index (χ0v) is 14.1. The van der Waals surface area contributed by atoms with Crippen LogP contribution in [-0.2, 0) is 19.5 Å². The summed E-state index contributed by atoms with van der Waals surface area (Å²) in [5.74, 6) is 2.09. The number of nitrogens with zero attached hydrogens (tertiary/aromatic N) is 3. The normalized spacial score (nSPS) is 11.9. The second kappa shape index (κ2) is 8.98. The first-order valence-electron chi connectivity index (χ1n) is 8.23. The van der Waals surface area contributed by atoms with Gasteiger partial charge in [0.25, 0.3) is 0 Å². The Kier molecular flexibility index (Phi) is 6.66. The van der Waals surface area contributed by atoms with Gasteiger partial charge in [0.05, 0.1) is 0 Å². The quantitative estimate of drug-likeness (QED) is 0.581. The van der Waals surface area contributed by atoms with Gasteiger partial charge in [0, 0.05) is 25.5 Å². The van der Waals surface area contributed by atoms with Gasteiger partial charge >= 0.3 is 0 Å². The van der Waals surface area contributed by atoms with E-state index in [1.54, 1.807) is 0 Å². The van der Waals surface area contributed by atoms with Crippen molar-refractivity contribution in [2.24, 2.45) is 16.6 Å². The van der Waals surface area contributed by atoms with Crippen LogP contribution in [0.3, 0.4) is 0 Å². The summed E-state index contributed by atoms with van der Waals surface area (Å²) < 4.78 is 2.14. The van der Waals surface area contributed by atoms with Gasteiger partial charge in [0.1, 0.15) is 12.4 Å². The second-order valence-electron chi connectivity index (χ2n) is 6.08. The predicted octanol–water partition coefficient (Wildman–Crippen LogP) is 2.58. The fraction of sp³-hybridized carbons (Fsp3) is 0.444. The SMILES string of the molecule is CC(C)CCNC(N)=NCc1nccn1CCc1ccccc1. The van der Waals surface area contributed by atoms with Crippen molar-refractivity contribution in [2.45, 2.75) is 39.8 Å². The Morgan fingerprint density at radius 3 is 2.83 bits per heavy atom. The lowest BCUT2D eigenvalue weighted by atomic mass is 10.1. The minimum atomic E-state index is 0.489. The lowest BCUT2D eigenvalue weighted by Crippen LogP contribution is -2.33. The number of hydrogen-bond acceptors (Lipinski definition) is 2. The fourth-order valence-corrected chi connectivity index (χ4v) is 2.29. The van der Waals surface area contributed by atoms with Crippen LogP contribution in [0.25, 0.3) is 0 Å². The van der Waals surface area contributed by atoms with E-state index in [-0.39, 0.29) is 0 Å². The van der Waals surface area contributed by atoms with Gasteiger partial charge in [-0.2, -0.15) is 0 Å². The number of aromatic nitrogens is 2. The van der Waals surface area contributed by atoms with Crippen molar-refractivity contribution in [2.75, 3.05) is 6.54 Å². The molecule has 0 unspecified atom stereocenters. The van der Waals surface area contributed by atoms with Gasteiger partial charge in [0.15, 0.2) is 5.96 Å². The van der Waals surface area contributed by atoms with E-state index >= 15 is 0 Å². The zero-order chi connectivity index (χ0) is 16.5. The Balaban J connectivity index is 1.83. The minimum absolute atomic E-state index is 0.489. The largest absolute Gasteiger partial charge is 0.370 e. The Morgan fingerprint density at radius 1 is 1.30 bits per heavy atom. The summed E-state index contributed by atoms with van der Waals surface area (Å²) in [6.45, 7) is 6.64. The Bertz CT molecular complexity index is 601. The molecule has 0 saturated carbocycles. The van der Waals surface area contributed by atoms with Gasteiger partial charge < -0.3 is 15.6 Å². The average molecular weight is 313 g/mol. The molecule has 124 valence electrons. The van der Waals surface area contributed by atoms with Crippen LogP contribution in [0.2, 0.25) is 0 Å². The number of nitrogens with one attached hydrogen (secondary N) is 1. The maximum Gasteiger partial charge on any atom is 0.189 e. The molecule has 5 nitrogen and oxygen atoms in total. The van der Waals surface area contributed by atoms with Gasteiger partial charge in [-0.3, -0.25) is 0 Å². The molecule has 1 aromatic heterocycles. The first-order chi connectivity index (χ1) is 11.1. The van der Waals surface area contributed by atoms with E-state index in [1.807, 2.05) is 18.5 Å². The third-order valence-corrected chi connectivity index (χ3v) is 3.70. The molecule has 0 aliphatic rings. The summed E-state index contributed by atoms with van der Waals surface area (Å²) in [5.41, 5.74) is 7.22. The first kappa shape index (κ1) is 17.1. The van der Waals surface area contributed by atoms with Crippen molar-refractivity contribution in [3.63, 3.8) is 0 Å². The third kappa shape index (κ3) is 6.14. The number of aliphatic imine (C=N–C) groups is 1. The number of benzene rings is 1. The molecule has 0 bridgehead atoms. The number of hydrogen-bond donors (Lipinski definition) is 2. The highest BCUT2D eigenvalue weighted by molar-refractivity contribution is 5.77. The number of aryl methyl sites for hydroxylation is 2. The molecule has 0 aliphatic carbocycles. The smallest absolute Gasteiger partial charge is 0.189 e. The molecule has 3 N–H and O–H groups in total. The zero-order valence-electron chi connectivity index (χ0n) is 14.1. The van der Waals surface area contributed by atoms with Gasteiger partial charge in [-0.1, -0.05) is 44.2 Å². The summed E-state index contributed by atoms with van der Waals surface area (Å²) in [6, 6.07) is 10.5. The van der Waals surface area contributed by atoms with Crippen molar-refractivity contribution in [1.82, 2.24) is 14.9 Å². The molecule has 1 aromatic carbocycles. The third-order valence-electron chi connectivity index (χ3n) is 3.70. The Morgan fingerprint density at radius 2 is 2.09 bits per heavy atom. The van der Waals surface area contributed by atoms with Crippen molar-refractivity contribution < 1.29 is 0 Å². The first-order valence-corrected chi connectivity index (χ1v) is 8.23. The molecular weight excluding hydrogens is 286 g/mol. The maximum atomic E-state index is 5.89. The lowest BCUT2D eigenvalue weighted by molar-refractivity contribution is 0.576. The second-order valence-corrected chi connectivity index (χ2v) is 6.08. The molecule has 0 atom stereocenters. The fourth-order valence-electron chi connectivity index (χ4n) is 2.29. The van der Waals surface area contributed by atoms with Crippen LogP contribution in [0.15, 0.2) is 47.7 Å². The van der Waals surface area contributed by atoms with Crippen LogP contribution in [0, 0.1) is 5.92 Å². The van der Waals surface area contributed by atoms with E-state index in [4.69, 9.17) is 5.73 Å². The molecule has 2 rings (SSSR count). The molecule has 0 aliphatic heterocycles. The van der Waals surface area contributed by atoms with Crippen LogP contribution < -0.4 is 11.1 Å². The molecule has 0 spiro atoms. The molecule has 0 amide bonds. The summed E-state index contributed by atoms with van der Waals surface area (Å²) in [4.78, 5) is 8.76. The molecular formula is C18H27N5. The number of imidazole rings is 1. The summed E-state index contributed by atoms with van der Waals surface area (Å²) in [6.07, 6.45) is 5.88. The van der Waals surface area contributed by atoms with Gasteiger partial charge in [0.2, 0.25) is 0 Å². The number of guanidine groups is 1. The van der Waals surface area contributed by atoms with E-state index in [2.05, 4.69) is 58.0 Å². The standard InChI is InChI=1S/C18H27N5/c1-15(2)8-10-21-18(19)22-14-17-20-11-13-23(17)12-9-16-6-4-3-5-7-16/h3-7,11,13,15H,8-10,12,14H2,1-2H3,(H3,19,21,22). The van der Waals surface area contributed by atoms with Gasteiger partial charge in [-0.15, -0.1) is 0 Å². The maximum absolute atomic E-state index is 5.89. The molecule has 0 fully saturated rings. The minimum Gasteiger partial charge on any atom is -0.370 e. The van der Waals surface area contributed by atoms with Gasteiger partial charge in [-0.25, -0.2) is 9.98 Å². The Labute approximate surface area is 138 Å². The highest BCUT2D eigenvalue weighted by Crippen LogP contribution is 2.05. The molecule has 0 radical (unpaired) electrons. The highest BCUT2D eigenvalue weighted by Gasteiger charge is 2.03. The number of nitrogens with two attached hydrogens (primary N) is 1. The topological polar surface area (TPSA) is 68.2 Å². The van der Waals surface area contributed by atoms with Crippen molar-refractivity contribution in [3.05, 3.63) is 54.1 Å². The van der Waals surface area contributed by atoms with E-state index in [9.17, 15) is 0 Å². The van der Waals surface area contributed by atoms with E-state index in [0.717, 1.165) is 31.8 Å². The Hall–Kier alpha value is -2.30. The van der Waals surface area contributed by atoms with Crippen LogP contribution in [0.5, 0.6) is 0 Å². The van der Waals surface area contributed by atoms with Crippen molar-refractivity contribution in [1.29, 1.82) is 0 Å². The predicted molar refractivity (Wildman–Crippen MR) is 95.2 cm³/mol. The molecule has 5 heteroatoms. The van der Waals surface area contributed by atoms with Crippen LogP contribution in [-0.4, -0.2) is 22.1 Å². The summed E-state index contributed by atoms with van der Waals surface area (Å²) >= 11 is 0. The lowest BCUT2D eigenvalue weighted by Gasteiger charge is -2.09. The summed E-state index contributed by atoms with van der Waals surface area (Å²) in [5, 5.41) is 3.14.